The minimum Gasteiger partial charge on any atom is -0.341 e. The SMILES string of the molecule is CCC(=O)N1CCC(NCc2cscn2)C1. The van der Waals surface area contributed by atoms with E-state index in [1.165, 1.54) is 0 Å². The molecule has 1 aliphatic heterocycles. The zero-order valence-electron chi connectivity index (χ0n) is 9.48. The van der Waals surface area contributed by atoms with E-state index in [0.29, 0.717) is 12.5 Å². The highest BCUT2D eigenvalue weighted by Crippen LogP contribution is 2.11. The average Bonchev–Trinajstić information content (AvgIpc) is 2.96. The fourth-order valence-electron chi connectivity index (χ4n) is 1.95. The molecule has 1 saturated heterocycles. The highest BCUT2D eigenvalue weighted by atomic mass is 32.1. The lowest BCUT2D eigenvalue weighted by Gasteiger charge is -2.15. The van der Waals surface area contributed by atoms with Crippen LogP contribution in [-0.4, -0.2) is 34.9 Å². The lowest BCUT2D eigenvalue weighted by molar-refractivity contribution is -0.129. The zero-order chi connectivity index (χ0) is 11.4. The summed E-state index contributed by atoms with van der Waals surface area (Å²) in [4.78, 5) is 17.6. The molecule has 1 N–H and O–H groups in total. The van der Waals surface area contributed by atoms with Crippen molar-refractivity contribution in [1.29, 1.82) is 0 Å². The summed E-state index contributed by atoms with van der Waals surface area (Å²) < 4.78 is 0. The van der Waals surface area contributed by atoms with E-state index in [9.17, 15) is 4.79 Å². The number of aromatic nitrogens is 1. The first-order valence-electron chi connectivity index (χ1n) is 5.68. The minimum atomic E-state index is 0.262. The fraction of sp³-hybridized carbons (Fsp3) is 0.636. The second kappa shape index (κ2) is 5.41. The van der Waals surface area contributed by atoms with Gasteiger partial charge in [0.15, 0.2) is 0 Å². The Morgan fingerprint density at radius 2 is 2.62 bits per heavy atom. The Kier molecular flexibility index (Phi) is 3.90. The van der Waals surface area contributed by atoms with E-state index in [1.54, 1.807) is 11.3 Å². The van der Waals surface area contributed by atoms with Crippen LogP contribution >= 0.6 is 11.3 Å². The van der Waals surface area contributed by atoms with Gasteiger partial charge in [0, 0.05) is 37.5 Å². The number of hydrogen-bond donors (Lipinski definition) is 1. The number of carbonyl (C=O) groups is 1. The lowest BCUT2D eigenvalue weighted by atomic mass is 10.2. The van der Waals surface area contributed by atoms with Crippen molar-refractivity contribution in [2.45, 2.75) is 32.4 Å². The summed E-state index contributed by atoms with van der Waals surface area (Å²) in [5, 5.41) is 5.50. The maximum Gasteiger partial charge on any atom is 0.222 e. The van der Waals surface area contributed by atoms with Gasteiger partial charge in [-0.25, -0.2) is 4.98 Å². The molecular formula is C11H17N3OS. The maximum atomic E-state index is 11.5. The summed E-state index contributed by atoms with van der Waals surface area (Å²) in [7, 11) is 0. The van der Waals surface area contributed by atoms with Crippen molar-refractivity contribution in [2.75, 3.05) is 13.1 Å². The van der Waals surface area contributed by atoms with Crippen molar-refractivity contribution in [2.24, 2.45) is 0 Å². The minimum absolute atomic E-state index is 0.262. The van der Waals surface area contributed by atoms with Gasteiger partial charge in [0.05, 0.1) is 11.2 Å². The normalized spacial score (nSPS) is 20.3. The summed E-state index contributed by atoms with van der Waals surface area (Å²) in [6.07, 6.45) is 1.66. The molecule has 1 atom stereocenters. The van der Waals surface area contributed by atoms with Gasteiger partial charge in [0.25, 0.3) is 0 Å². The molecule has 1 aromatic rings. The topological polar surface area (TPSA) is 45.2 Å². The van der Waals surface area contributed by atoms with Crippen molar-refractivity contribution >= 4 is 17.2 Å². The second-order valence-corrected chi connectivity index (χ2v) is 4.76. The number of thiazole rings is 1. The third-order valence-corrected chi connectivity index (χ3v) is 3.53. The zero-order valence-corrected chi connectivity index (χ0v) is 10.3. The van der Waals surface area contributed by atoms with Crippen molar-refractivity contribution in [3.8, 4) is 0 Å². The van der Waals surface area contributed by atoms with Crippen LogP contribution < -0.4 is 5.32 Å². The van der Waals surface area contributed by atoms with Crippen molar-refractivity contribution in [3.63, 3.8) is 0 Å². The van der Waals surface area contributed by atoms with E-state index >= 15 is 0 Å². The van der Waals surface area contributed by atoms with Gasteiger partial charge in [-0.2, -0.15) is 0 Å². The van der Waals surface area contributed by atoms with Gasteiger partial charge in [-0.15, -0.1) is 11.3 Å². The Balaban J connectivity index is 1.75. The number of nitrogens with one attached hydrogen (secondary N) is 1. The van der Waals surface area contributed by atoms with Crippen LogP contribution in [0.2, 0.25) is 0 Å². The largest absolute Gasteiger partial charge is 0.341 e. The van der Waals surface area contributed by atoms with Crippen LogP contribution in [0.1, 0.15) is 25.5 Å². The Morgan fingerprint density at radius 3 is 3.31 bits per heavy atom. The summed E-state index contributed by atoms with van der Waals surface area (Å²) >= 11 is 1.62. The monoisotopic (exact) mass is 239 g/mol. The Hall–Kier alpha value is -0.940. The third-order valence-electron chi connectivity index (χ3n) is 2.90. The molecule has 1 fully saturated rings. The summed E-state index contributed by atoms with van der Waals surface area (Å²) in [6, 6.07) is 0.428. The molecule has 0 spiro atoms. The van der Waals surface area contributed by atoms with Crippen LogP contribution in [0.4, 0.5) is 0 Å². The highest BCUT2D eigenvalue weighted by molar-refractivity contribution is 7.07. The van der Waals surface area contributed by atoms with E-state index in [-0.39, 0.29) is 5.91 Å². The number of nitrogens with zero attached hydrogens (tertiary/aromatic N) is 2. The van der Waals surface area contributed by atoms with Crippen molar-refractivity contribution in [3.05, 3.63) is 16.6 Å². The van der Waals surface area contributed by atoms with E-state index in [0.717, 1.165) is 31.7 Å². The molecule has 4 nitrogen and oxygen atoms in total. The fourth-order valence-corrected chi connectivity index (χ4v) is 2.51. The average molecular weight is 239 g/mol. The second-order valence-electron chi connectivity index (χ2n) is 4.04. The number of hydrogen-bond acceptors (Lipinski definition) is 4. The Bertz CT molecular complexity index is 339. The molecule has 5 heteroatoms. The van der Waals surface area contributed by atoms with Crippen molar-refractivity contribution < 1.29 is 4.79 Å². The molecule has 0 aromatic carbocycles. The predicted octanol–water partition coefficient (Wildman–Crippen LogP) is 1.24. The summed E-state index contributed by atoms with van der Waals surface area (Å²) in [5.74, 6) is 0.262. The Labute approximate surface area is 99.7 Å². The number of carbonyl (C=O) groups excluding carboxylic acids is 1. The molecule has 0 radical (unpaired) electrons. The van der Waals surface area contributed by atoms with Gasteiger partial charge in [-0.1, -0.05) is 6.92 Å². The van der Waals surface area contributed by atoms with Gasteiger partial charge in [0.2, 0.25) is 5.91 Å². The number of rotatable bonds is 4. The van der Waals surface area contributed by atoms with Crippen LogP contribution in [0, 0.1) is 0 Å². The van der Waals surface area contributed by atoms with Crippen LogP contribution in [0.3, 0.4) is 0 Å². The van der Waals surface area contributed by atoms with Crippen LogP contribution in [0.5, 0.6) is 0 Å². The number of likely N-dealkylation sites (tertiary alicyclic amines) is 1. The van der Waals surface area contributed by atoms with E-state index in [4.69, 9.17) is 0 Å². The quantitative estimate of drug-likeness (QED) is 0.860. The molecule has 2 heterocycles. The molecule has 88 valence electrons. The predicted molar refractivity (Wildman–Crippen MR) is 64.2 cm³/mol. The molecule has 0 bridgehead atoms. The molecule has 16 heavy (non-hydrogen) atoms. The molecule has 1 unspecified atom stereocenters. The van der Waals surface area contributed by atoms with Gasteiger partial charge in [-0.3, -0.25) is 4.79 Å². The first kappa shape index (κ1) is 11.5. The van der Waals surface area contributed by atoms with Crippen LogP contribution in [0.25, 0.3) is 0 Å². The Morgan fingerprint density at radius 1 is 1.75 bits per heavy atom. The van der Waals surface area contributed by atoms with E-state index < -0.39 is 0 Å². The molecule has 1 amide bonds. The van der Waals surface area contributed by atoms with Gasteiger partial charge in [0.1, 0.15) is 0 Å². The van der Waals surface area contributed by atoms with E-state index in [2.05, 4.69) is 15.7 Å². The van der Waals surface area contributed by atoms with Gasteiger partial charge >= 0.3 is 0 Å². The van der Waals surface area contributed by atoms with Gasteiger partial charge < -0.3 is 10.2 Å². The molecule has 1 aliphatic rings. The van der Waals surface area contributed by atoms with Crippen LogP contribution in [0.15, 0.2) is 10.9 Å². The standard InChI is InChI=1S/C11H17N3OS/c1-2-11(15)14-4-3-9(6-14)12-5-10-7-16-8-13-10/h7-9,12H,2-6H2,1H3. The molecule has 0 aliphatic carbocycles. The smallest absolute Gasteiger partial charge is 0.222 e. The molecular weight excluding hydrogens is 222 g/mol. The van der Waals surface area contributed by atoms with E-state index in [1.807, 2.05) is 17.3 Å². The van der Waals surface area contributed by atoms with Crippen molar-refractivity contribution in [1.82, 2.24) is 15.2 Å². The number of amides is 1. The first-order valence-corrected chi connectivity index (χ1v) is 6.62. The molecule has 0 saturated carbocycles. The van der Waals surface area contributed by atoms with Crippen LogP contribution in [-0.2, 0) is 11.3 Å². The van der Waals surface area contributed by atoms with Gasteiger partial charge in [-0.05, 0) is 6.42 Å². The summed E-state index contributed by atoms with van der Waals surface area (Å²) in [5.41, 5.74) is 2.93. The molecule has 2 rings (SSSR count). The summed E-state index contributed by atoms with van der Waals surface area (Å²) in [6.45, 7) is 4.46. The molecule has 1 aromatic heterocycles. The first-order chi connectivity index (χ1) is 7.79. The lowest BCUT2D eigenvalue weighted by Crippen LogP contribution is -2.34. The third kappa shape index (κ3) is 2.80. The maximum absolute atomic E-state index is 11.5. The highest BCUT2D eigenvalue weighted by Gasteiger charge is 2.24.